The second-order valence-corrected chi connectivity index (χ2v) is 3.52. The van der Waals surface area contributed by atoms with Gasteiger partial charge in [0.1, 0.15) is 6.04 Å². The summed E-state index contributed by atoms with van der Waals surface area (Å²) in [5.41, 5.74) is 1.04. The van der Waals surface area contributed by atoms with Crippen molar-refractivity contribution in [1.29, 1.82) is 0 Å². The fourth-order valence-electron chi connectivity index (χ4n) is 1.45. The molecule has 1 aromatic rings. The summed E-state index contributed by atoms with van der Waals surface area (Å²) in [7, 11) is 0. The van der Waals surface area contributed by atoms with Gasteiger partial charge < -0.3 is 10.4 Å². The zero-order valence-corrected chi connectivity index (χ0v) is 9.64. The van der Waals surface area contributed by atoms with E-state index in [-0.39, 0.29) is 12.5 Å². The normalized spacial score (nSPS) is 17.9. The molecule has 3 N–H and O–H groups in total. The van der Waals surface area contributed by atoms with Gasteiger partial charge in [-0.2, -0.15) is 0 Å². The number of carbonyl (C=O) groups is 2. The number of benzene rings is 1. The van der Waals surface area contributed by atoms with Crippen LogP contribution in [0.25, 0.3) is 0 Å². The highest BCUT2D eigenvalue weighted by Gasteiger charge is 2.28. The summed E-state index contributed by atoms with van der Waals surface area (Å²) in [5.74, 6) is -0.251. The summed E-state index contributed by atoms with van der Waals surface area (Å²) in [6.07, 6.45) is 0.540. The minimum absolute atomic E-state index is 0.250. The van der Waals surface area contributed by atoms with E-state index in [1.807, 2.05) is 30.3 Å². The van der Waals surface area contributed by atoms with E-state index in [0.29, 0.717) is 6.42 Å². The van der Waals surface area contributed by atoms with Crippen LogP contribution >= 0.6 is 0 Å². The van der Waals surface area contributed by atoms with Gasteiger partial charge in [0.25, 0.3) is 5.91 Å². The Morgan fingerprint density at radius 3 is 2.29 bits per heavy atom. The van der Waals surface area contributed by atoms with Crippen LogP contribution < -0.4 is 10.6 Å². The third-order valence-corrected chi connectivity index (χ3v) is 2.14. The molecule has 0 radical (unpaired) electrons. The highest BCUT2D eigenvalue weighted by Crippen LogP contribution is 2.05. The molecule has 1 unspecified atom stereocenters. The van der Waals surface area contributed by atoms with Gasteiger partial charge in [-0.05, 0) is 12.5 Å². The maximum atomic E-state index is 11.2. The van der Waals surface area contributed by atoms with Crippen molar-refractivity contribution in [3.05, 3.63) is 35.9 Å². The van der Waals surface area contributed by atoms with Crippen molar-refractivity contribution < 1.29 is 14.7 Å². The number of rotatable bonds is 2. The number of amides is 3. The molecule has 17 heavy (non-hydrogen) atoms. The SMILES string of the molecule is CCO.O=C1NC(=O)C(Cc2ccccc2)N1. The van der Waals surface area contributed by atoms with E-state index in [9.17, 15) is 9.59 Å². The van der Waals surface area contributed by atoms with E-state index in [2.05, 4.69) is 10.6 Å². The van der Waals surface area contributed by atoms with Crippen LogP contribution in [0.4, 0.5) is 4.79 Å². The van der Waals surface area contributed by atoms with E-state index in [1.54, 1.807) is 6.92 Å². The maximum Gasteiger partial charge on any atom is 0.322 e. The van der Waals surface area contributed by atoms with Gasteiger partial charge in [0, 0.05) is 13.0 Å². The van der Waals surface area contributed by atoms with Crippen LogP contribution in [0.1, 0.15) is 12.5 Å². The summed E-state index contributed by atoms with van der Waals surface area (Å²) >= 11 is 0. The molecular weight excluding hydrogens is 220 g/mol. The van der Waals surface area contributed by atoms with Crippen LogP contribution in [-0.4, -0.2) is 29.7 Å². The van der Waals surface area contributed by atoms with Crippen molar-refractivity contribution in [2.75, 3.05) is 6.61 Å². The van der Waals surface area contributed by atoms with Gasteiger partial charge in [-0.1, -0.05) is 30.3 Å². The topological polar surface area (TPSA) is 78.4 Å². The number of urea groups is 1. The first-order valence-electron chi connectivity index (χ1n) is 5.43. The molecule has 1 saturated heterocycles. The summed E-state index contributed by atoms with van der Waals surface area (Å²) in [5, 5.41) is 12.3. The Kier molecular flexibility index (Phi) is 5.16. The smallest absolute Gasteiger partial charge is 0.322 e. The number of imide groups is 1. The van der Waals surface area contributed by atoms with E-state index in [0.717, 1.165) is 5.56 Å². The Bertz CT molecular complexity index is 379. The monoisotopic (exact) mass is 236 g/mol. The number of nitrogens with one attached hydrogen (secondary N) is 2. The lowest BCUT2D eigenvalue weighted by Gasteiger charge is -2.06. The molecule has 0 spiro atoms. The van der Waals surface area contributed by atoms with Crippen LogP contribution in [0.3, 0.4) is 0 Å². The zero-order valence-electron chi connectivity index (χ0n) is 9.64. The quantitative estimate of drug-likeness (QED) is 0.652. The molecule has 0 bridgehead atoms. The van der Waals surface area contributed by atoms with Crippen LogP contribution in [-0.2, 0) is 11.2 Å². The van der Waals surface area contributed by atoms with Gasteiger partial charge in [-0.3, -0.25) is 10.1 Å². The molecule has 1 atom stereocenters. The number of aliphatic hydroxyl groups is 1. The first-order valence-corrected chi connectivity index (χ1v) is 5.43. The predicted octanol–water partition coefficient (Wildman–Crippen LogP) is 0.436. The van der Waals surface area contributed by atoms with Crippen molar-refractivity contribution in [3.63, 3.8) is 0 Å². The fourth-order valence-corrected chi connectivity index (χ4v) is 1.45. The molecule has 1 fully saturated rings. The first-order chi connectivity index (χ1) is 8.17. The Labute approximate surface area is 99.8 Å². The van der Waals surface area contributed by atoms with Crippen LogP contribution in [0.2, 0.25) is 0 Å². The Morgan fingerprint density at radius 1 is 1.24 bits per heavy atom. The van der Waals surface area contributed by atoms with Crippen molar-refractivity contribution in [1.82, 2.24) is 10.6 Å². The maximum absolute atomic E-state index is 11.2. The number of hydrogen-bond donors (Lipinski definition) is 3. The number of carbonyl (C=O) groups excluding carboxylic acids is 2. The third-order valence-electron chi connectivity index (χ3n) is 2.14. The van der Waals surface area contributed by atoms with Crippen molar-refractivity contribution in [2.45, 2.75) is 19.4 Å². The molecule has 0 saturated carbocycles. The van der Waals surface area contributed by atoms with Gasteiger partial charge in [0.05, 0.1) is 0 Å². The number of hydrogen-bond acceptors (Lipinski definition) is 3. The first kappa shape index (κ1) is 13.2. The lowest BCUT2D eigenvalue weighted by Crippen LogP contribution is -2.30. The average molecular weight is 236 g/mol. The molecular formula is C12H16N2O3. The highest BCUT2D eigenvalue weighted by molar-refractivity contribution is 6.04. The molecule has 1 aromatic carbocycles. The molecule has 0 aliphatic carbocycles. The van der Waals surface area contributed by atoms with Crippen LogP contribution in [0, 0.1) is 0 Å². The second kappa shape index (κ2) is 6.65. The van der Waals surface area contributed by atoms with E-state index in [1.165, 1.54) is 0 Å². The van der Waals surface area contributed by atoms with E-state index < -0.39 is 12.1 Å². The minimum atomic E-state index is -0.426. The van der Waals surface area contributed by atoms with Crippen LogP contribution in [0.5, 0.6) is 0 Å². The molecule has 2 rings (SSSR count). The standard InChI is InChI=1S/C10H10N2O2.C2H6O/c13-9-8(11-10(14)12-9)6-7-4-2-1-3-5-7;1-2-3/h1-5,8H,6H2,(H2,11,12,13,14);3H,2H2,1H3. The summed E-state index contributed by atoms with van der Waals surface area (Å²) < 4.78 is 0. The summed E-state index contributed by atoms with van der Waals surface area (Å²) in [6.45, 7) is 1.93. The van der Waals surface area contributed by atoms with E-state index in [4.69, 9.17) is 5.11 Å². The van der Waals surface area contributed by atoms with E-state index >= 15 is 0 Å². The van der Waals surface area contributed by atoms with Crippen molar-refractivity contribution in [2.24, 2.45) is 0 Å². The second-order valence-electron chi connectivity index (χ2n) is 3.52. The molecule has 0 aromatic heterocycles. The Morgan fingerprint density at radius 2 is 1.82 bits per heavy atom. The third kappa shape index (κ3) is 4.24. The lowest BCUT2D eigenvalue weighted by molar-refractivity contribution is -0.120. The summed E-state index contributed by atoms with van der Waals surface area (Å²) in [4.78, 5) is 22.0. The Hall–Kier alpha value is -1.88. The van der Waals surface area contributed by atoms with Crippen molar-refractivity contribution >= 4 is 11.9 Å². The van der Waals surface area contributed by atoms with Gasteiger partial charge in [0.15, 0.2) is 0 Å². The van der Waals surface area contributed by atoms with Crippen LogP contribution in [0.15, 0.2) is 30.3 Å². The molecule has 92 valence electrons. The van der Waals surface area contributed by atoms with Gasteiger partial charge >= 0.3 is 6.03 Å². The van der Waals surface area contributed by atoms with Crippen molar-refractivity contribution in [3.8, 4) is 0 Å². The highest BCUT2D eigenvalue weighted by atomic mass is 16.2. The average Bonchev–Trinajstić information content (AvgIpc) is 2.60. The lowest BCUT2D eigenvalue weighted by atomic mass is 10.1. The minimum Gasteiger partial charge on any atom is -0.397 e. The molecule has 1 heterocycles. The molecule has 1 aliphatic heterocycles. The zero-order chi connectivity index (χ0) is 12.7. The molecule has 5 nitrogen and oxygen atoms in total. The molecule has 5 heteroatoms. The Balaban J connectivity index is 0.000000437. The number of aliphatic hydroxyl groups excluding tert-OH is 1. The summed E-state index contributed by atoms with van der Waals surface area (Å²) in [6, 6.07) is 8.75. The largest absolute Gasteiger partial charge is 0.397 e. The molecule has 3 amide bonds. The van der Waals surface area contributed by atoms with Gasteiger partial charge in [-0.25, -0.2) is 4.79 Å². The predicted molar refractivity (Wildman–Crippen MR) is 63.4 cm³/mol. The van der Waals surface area contributed by atoms with Gasteiger partial charge in [0.2, 0.25) is 0 Å². The molecule has 1 aliphatic rings. The fraction of sp³-hybridized carbons (Fsp3) is 0.333. The van der Waals surface area contributed by atoms with Gasteiger partial charge in [-0.15, -0.1) is 0 Å².